The fraction of sp³-hybridized carbons (Fsp3) is 0. The van der Waals surface area contributed by atoms with Crippen LogP contribution in [-0.2, 0) is 0 Å². The number of nitrogens with one attached hydrogen (secondary N) is 1. The number of phenols is 1. The van der Waals surface area contributed by atoms with Crippen LogP contribution in [0.4, 0.5) is 0 Å². The van der Waals surface area contributed by atoms with Crippen LogP contribution in [0.5, 0.6) is 5.75 Å². The van der Waals surface area contributed by atoms with Crippen LogP contribution < -0.4 is 11.3 Å². The van der Waals surface area contributed by atoms with Gasteiger partial charge in [-0.1, -0.05) is 12.1 Å². The van der Waals surface area contributed by atoms with E-state index in [0.29, 0.717) is 5.56 Å². The zero-order valence-electron chi connectivity index (χ0n) is 7.90. The van der Waals surface area contributed by atoms with Crippen LogP contribution in [0.25, 0.3) is 10.8 Å². The zero-order chi connectivity index (χ0) is 10.8. The first-order valence-corrected chi connectivity index (χ1v) is 4.44. The van der Waals surface area contributed by atoms with Crippen molar-refractivity contribution in [3.63, 3.8) is 0 Å². The molecule has 76 valence electrons. The quantitative estimate of drug-likeness (QED) is 0.369. The normalized spacial score (nSPS) is 10.2. The molecule has 0 fully saturated rings. The Balaban J connectivity index is 2.57. The molecule has 2 aromatic rings. The van der Waals surface area contributed by atoms with Crippen LogP contribution in [0.3, 0.4) is 0 Å². The van der Waals surface area contributed by atoms with Gasteiger partial charge >= 0.3 is 0 Å². The van der Waals surface area contributed by atoms with E-state index in [1.807, 2.05) is 0 Å². The molecule has 0 spiro atoms. The summed E-state index contributed by atoms with van der Waals surface area (Å²) >= 11 is 0. The molecule has 2 rings (SSSR count). The largest absolute Gasteiger partial charge is 0.508 e. The number of carbonyl (C=O) groups is 1. The summed E-state index contributed by atoms with van der Waals surface area (Å²) in [5.41, 5.74) is 2.57. The van der Waals surface area contributed by atoms with Gasteiger partial charge in [0.05, 0.1) is 0 Å². The first-order chi connectivity index (χ1) is 7.20. The summed E-state index contributed by atoms with van der Waals surface area (Å²) in [4.78, 5) is 11.2. The second kappa shape index (κ2) is 3.59. The fourth-order valence-corrected chi connectivity index (χ4v) is 1.46. The number of rotatable bonds is 1. The number of aromatic hydroxyl groups is 1. The number of phenolic OH excluding ortho intramolecular Hbond substituents is 1. The van der Waals surface area contributed by atoms with Crippen molar-refractivity contribution in [3.05, 3.63) is 42.0 Å². The van der Waals surface area contributed by atoms with Crippen molar-refractivity contribution in [2.24, 2.45) is 5.84 Å². The molecule has 0 radical (unpaired) electrons. The Kier molecular flexibility index (Phi) is 2.27. The van der Waals surface area contributed by atoms with Gasteiger partial charge in [0.15, 0.2) is 0 Å². The topological polar surface area (TPSA) is 75.3 Å². The molecule has 2 aromatic carbocycles. The highest BCUT2D eigenvalue weighted by Crippen LogP contribution is 2.20. The van der Waals surface area contributed by atoms with Crippen molar-refractivity contribution in [3.8, 4) is 5.75 Å². The molecular formula is C11H10N2O2. The molecule has 0 aliphatic carbocycles. The molecular weight excluding hydrogens is 192 g/mol. The molecule has 4 N–H and O–H groups in total. The SMILES string of the molecule is NNC(=O)c1ccc2cc(O)ccc2c1. The minimum absolute atomic E-state index is 0.207. The maximum absolute atomic E-state index is 11.2. The average molecular weight is 202 g/mol. The molecule has 0 atom stereocenters. The van der Waals surface area contributed by atoms with Gasteiger partial charge in [-0.25, -0.2) is 5.84 Å². The van der Waals surface area contributed by atoms with Crippen LogP contribution in [0.2, 0.25) is 0 Å². The lowest BCUT2D eigenvalue weighted by atomic mass is 10.1. The molecule has 1 amide bonds. The average Bonchev–Trinajstić information content (AvgIpc) is 2.27. The first kappa shape index (κ1) is 9.48. The smallest absolute Gasteiger partial charge is 0.265 e. The van der Waals surface area contributed by atoms with E-state index in [0.717, 1.165) is 10.8 Å². The predicted molar refractivity (Wildman–Crippen MR) is 57.3 cm³/mol. The van der Waals surface area contributed by atoms with Gasteiger partial charge in [0.25, 0.3) is 5.91 Å². The lowest BCUT2D eigenvalue weighted by Gasteiger charge is -2.02. The standard InChI is InChI=1S/C11H10N2O2/c12-13-11(15)9-2-1-8-6-10(14)4-3-7(8)5-9/h1-6,14H,12H2,(H,13,15). The van der Waals surface area contributed by atoms with E-state index < -0.39 is 0 Å². The number of fused-ring (bicyclic) bond motifs is 1. The second-order valence-corrected chi connectivity index (χ2v) is 3.22. The summed E-state index contributed by atoms with van der Waals surface area (Å²) in [6.45, 7) is 0. The molecule has 0 heterocycles. The summed E-state index contributed by atoms with van der Waals surface area (Å²) in [5, 5.41) is 11.0. The van der Waals surface area contributed by atoms with Crippen LogP contribution in [0, 0.1) is 0 Å². The molecule has 0 aromatic heterocycles. The minimum atomic E-state index is -0.329. The number of hydrogen-bond donors (Lipinski definition) is 3. The van der Waals surface area contributed by atoms with Gasteiger partial charge in [-0.3, -0.25) is 10.2 Å². The van der Waals surface area contributed by atoms with E-state index in [-0.39, 0.29) is 11.7 Å². The van der Waals surface area contributed by atoms with Gasteiger partial charge < -0.3 is 5.11 Å². The van der Waals surface area contributed by atoms with Crippen molar-refractivity contribution in [2.45, 2.75) is 0 Å². The van der Waals surface area contributed by atoms with Gasteiger partial charge in [0.2, 0.25) is 0 Å². The number of nitrogen functional groups attached to an aromatic ring is 1. The summed E-state index contributed by atoms with van der Waals surface area (Å²) < 4.78 is 0. The summed E-state index contributed by atoms with van der Waals surface area (Å²) in [6, 6.07) is 10.1. The van der Waals surface area contributed by atoms with Gasteiger partial charge in [0.1, 0.15) is 5.75 Å². The molecule has 0 bridgehead atoms. The number of nitrogens with two attached hydrogens (primary N) is 1. The van der Waals surface area contributed by atoms with Crippen molar-refractivity contribution in [2.75, 3.05) is 0 Å². The Morgan fingerprint density at radius 3 is 2.53 bits per heavy atom. The number of hydrogen-bond acceptors (Lipinski definition) is 3. The molecule has 0 saturated carbocycles. The monoisotopic (exact) mass is 202 g/mol. The highest BCUT2D eigenvalue weighted by atomic mass is 16.3. The Labute approximate surface area is 86.3 Å². The number of amides is 1. The van der Waals surface area contributed by atoms with Crippen molar-refractivity contribution in [1.29, 1.82) is 0 Å². The first-order valence-electron chi connectivity index (χ1n) is 4.44. The molecule has 0 unspecified atom stereocenters. The van der Waals surface area contributed by atoms with E-state index >= 15 is 0 Å². The third-order valence-corrected chi connectivity index (χ3v) is 2.22. The van der Waals surface area contributed by atoms with Gasteiger partial charge in [-0.15, -0.1) is 0 Å². The highest BCUT2D eigenvalue weighted by Gasteiger charge is 2.04. The number of benzene rings is 2. The van der Waals surface area contributed by atoms with E-state index in [1.165, 1.54) is 0 Å². The van der Waals surface area contributed by atoms with Crippen LogP contribution in [0.15, 0.2) is 36.4 Å². The van der Waals surface area contributed by atoms with Crippen LogP contribution in [0.1, 0.15) is 10.4 Å². The molecule has 15 heavy (non-hydrogen) atoms. The molecule has 4 nitrogen and oxygen atoms in total. The Morgan fingerprint density at radius 2 is 1.80 bits per heavy atom. The summed E-state index contributed by atoms with van der Waals surface area (Å²) in [7, 11) is 0. The third-order valence-electron chi connectivity index (χ3n) is 2.22. The highest BCUT2D eigenvalue weighted by molar-refractivity contribution is 5.98. The molecule has 0 aliphatic heterocycles. The van der Waals surface area contributed by atoms with Gasteiger partial charge in [-0.05, 0) is 35.0 Å². The fourth-order valence-electron chi connectivity index (χ4n) is 1.46. The van der Waals surface area contributed by atoms with E-state index in [9.17, 15) is 9.90 Å². The van der Waals surface area contributed by atoms with E-state index in [1.54, 1.807) is 36.4 Å². The van der Waals surface area contributed by atoms with Crippen molar-refractivity contribution in [1.82, 2.24) is 5.43 Å². The van der Waals surface area contributed by atoms with E-state index in [2.05, 4.69) is 5.43 Å². The second-order valence-electron chi connectivity index (χ2n) is 3.22. The van der Waals surface area contributed by atoms with Gasteiger partial charge in [-0.2, -0.15) is 0 Å². The summed E-state index contributed by atoms with van der Waals surface area (Å²) in [5.74, 6) is 4.91. The van der Waals surface area contributed by atoms with Crippen molar-refractivity contribution >= 4 is 16.7 Å². The minimum Gasteiger partial charge on any atom is -0.508 e. The Morgan fingerprint density at radius 1 is 1.13 bits per heavy atom. The Bertz CT molecular complexity index is 523. The van der Waals surface area contributed by atoms with Gasteiger partial charge in [0, 0.05) is 5.56 Å². The molecule has 0 aliphatic rings. The summed E-state index contributed by atoms with van der Waals surface area (Å²) in [6.07, 6.45) is 0. The van der Waals surface area contributed by atoms with Crippen LogP contribution in [-0.4, -0.2) is 11.0 Å². The molecule has 0 saturated heterocycles. The number of hydrazine groups is 1. The van der Waals surface area contributed by atoms with Crippen LogP contribution >= 0.6 is 0 Å². The third kappa shape index (κ3) is 1.75. The maximum Gasteiger partial charge on any atom is 0.265 e. The number of carbonyl (C=O) groups excluding carboxylic acids is 1. The lowest BCUT2D eigenvalue weighted by molar-refractivity contribution is 0.0954. The molecule has 4 heteroatoms. The lowest BCUT2D eigenvalue weighted by Crippen LogP contribution is -2.29. The predicted octanol–water partition coefficient (Wildman–Crippen LogP) is 1.15. The zero-order valence-corrected chi connectivity index (χ0v) is 7.90. The maximum atomic E-state index is 11.2. The van der Waals surface area contributed by atoms with Crippen molar-refractivity contribution < 1.29 is 9.90 Å². The Hall–Kier alpha value is -2.07. The van der Waals surface area contributed by atoms with E-state index in [4.69, 9.17) is 5.84 Å².